The van der Waals surface area contributed by atoms with Crippen molar-refractivity contribution in [2.24, 2.45) is 0 Å². The van der Waals surface area contributed by atoms with E-state index in [1.807, 2.05) is 13.0 Å². The largest absolute Gasteiger partial charge is 0.307 e. The van der Waals surface area contributed by atoms with Crippen LogP contribution in [0.4, 0.5) is 0 Å². The number of hydrogen-bond acceptors (Lipinski definition) is 3. The van der Waals surface area contributed by atoms with Crippen LogP contribution in [-0.2, 0) is 13.1 Å². The Labute approximate surface area is 118 Å². The van der Waals surface area contributed by atoms with Crippen molar-refractivity contribution in [2.75, 3.05) is 0 Å². The lowest BCUT2D eigenvalue weighted by Crippen LogP contribution is -2.14. The van der Waals surface area contributed by atoms with Gasteiger partial charge < -0.3 is 5.32 Å². The minimum atomic E-state index is 0.757. The van der Waals surface area contributed by atoms with Gasteiger partial charge in [-0.2, -0.15) is 0 Å². The number of aryl methyl sites for hydroxylation is 1. The zero-order chi connectivity index (χ0) is 13.8. The van der Waals surface area contributed by atoms with Gasteiger partial charge in [-0.1, -0.05) is 42.5 Å². The molecule has 3 aromatic rings. The molecule has 0 saturated carbocycles. The van der Waals surface area contributed by atoms with Crippen LogP contribution in [0.25, 0.3) is 10.8 Å². The Morgan fingerprint density at radius 1 is 0.950 bits per heavy atom. The number of aromatic nitrogens is 2. The fourth-order valence-electron chi connectivity index (χ4n) is 2.38. The number of hydrogen-bond donors (Lipinski definition) is 1. The van der Waals surface area contributed by atoms with Crippen molar-refractivity contribution in [1.29, 1.82) is 0 Å². The highest BCUT2D eigenvalue weighted by Crippen LogP contribution is 2.18. The molecule has 0 amide bonds. The third-order valence-corrected chi connectivity index (χ3v) is 3.34. The molecule has 0 fully saturated rings. The van der Waals surface area contributed by atoms with E-state index in [4.69, 9.17) is 0 Å². The molecular weight excluding hydrogens is 246 g/mol. The number of nitrogens with zero attached hydrogens (tertiary/aromatic N) is 2. The van der Waals surface area contributed by atoms with Crippen LogP contribution in [0.3, 0.4) is 0 Å². The third-order valence-electron chi connectivity index (χ3n) is 3.34. The molecule has 3 heteroatoms. The van der Waals surface area contributed by atoms with E-state index in [-0.39, 0.29) is 0 Å². The van der Waals surface area contributed by atoms with Crippen molar-refractivity contribution in [3.05, 3.63) is 71.8 Å². The first-order chi connectivity index (χ1) is 9.83. The molecule has 1 heterocycles. The van der Waals surface area contributed by atoms with Gasteiger partial charge in [0.1, 0.15) is 5.82 Å². The summed E-state index contributed by atoms with van der Waals surface area (Å²) in [4.78, 5) is 8.50. The normalized spacial score (nSPS) is 10.8. The molecule has 0 bridgehead atoms. The van der Waals surface area contributed by atoms with Gasteiger partial charge in [-0.15, -0.1) is 0 Å². The molecule has 0 aliphatic carbocycles. The molecule has 20 heavy (non-hydrogen) atoms. The Balaban J connectivity index is 1.71. The second-order valence-electron chi connectivity index (χ2n) is 4.84. The van der Waals surface area contributed by atoms with Crippen LogP contribution in [0.15, 0.2) is 54.7 Å². The highest BCUT2D eigenvalue weighted by Gasteiger charge is 2.00. The predicted octanol–water partition coefficient (Wildman–Crippen LogP) is 3.23. The average Bonchev–Trinajstić information content (AvgIpc) is 2.48. The zero-order valence-corrected chi connectivity index (χ0v) is 11.5. The predicted molar refractivity (Wildman–Crippen MR) is 81.3 cm³/mol. The molecule has 0 aliphatic heterocycles. The standard InChI is InChI=1S/C17H17N3/c1-13-19-10-9-16(20-13)12-18-11-15-7-4-6-14-5-2-3-8-17(14)15/h2-10,18H,11-12H2,1H3. The maximum Gasteiger partial charge on any atom is 0.125 e. The van der Waals surface area contributed by atoms with Gasteiger partial charge in [0, 0.05) is 19.3 Å². The van der Waals surface area contributed by atoms with E-state index in [9.17, 15) is 0 Å². The number of rotatable bonds is 4. The molecule has 3 nitrogen and oxygen atoms in total. The van der Waals surface area contributed by atoms with E-state index in [2.05, 4.69) is 57.7 Å². The van der Waals surface area contributed by atoms with E-state index < -0.39 is 0 Å². The van der Waals surface area contributed by atoms with Crippen LogP contribution in [0, 0.1) is 6.92 Å². The Kier molecular flexibility index (Phi) is 3.70. The highest BCUT2D eigenvalue weighted by atomic mass is 14.9. The summed E-state index contributed by atoms with van der Waals surface area (Å²) in [6.07, 6.45) is 1.80. The first kappa shape index (κ1) is 12.8. The molecule has 1 aromatic heterocycles. The summed E-state index contributed by atoms with van der Waals surface area (Å²) >= 11 is 0. The van der Waals surface area contributed by atoms with Gasteiger partial charge in [-0.25, -0.2) is 9.97 Å². The summed E-state index contributed by atoms with van der Waals surface area (Å²) in [5.74, 6) is 0.814. The van der Waals surface area contributed by atoms with Crippen molar-refractivity contribution in [3.8, 4) is 0 Å². The van der Waals surface area contributed by atoms with Crippen LogP contribution in [0.2, 0.25) is 0 Å². The second kappa shape index (κ2) is 5.80. The van der Waals surface area contributed by atoms with Gasteiger partial charge in [0.05, 0.1) is 5.69 Å². The van der Waals surface area contributed by atoms with Crippen molar-refractivity contribution in [1.82, 2.24) is 15.3 Å². The molecule has 0 atom stereocenters. The fourth-order valence-corrected chi connectivity index (χ4v) is 2.38. The van der Waals surface area contributed by atoms with Crippen LogP contribution in [0.5, 0.6) is 0 Å². The summed E-state index contributed by atoms with van der Waals surface area (Å²) in [6, 6.07) is 16.8. The zero-order valence-electron chi connectivity index (χ0n) is 11.5. The quantitative estimate of drug-likeness (QED) is 0.785. The fraction of sp³-hybridized carbons (Fsp3) is 0.176. The van der Waals surface area contributed by atoms with Crippen LogP contribution in [-0.4, -0.2) is 9.97 Å². The topological polar surface area (TPSA) is 37.8 Å². The molecule has 0 spiro atoms. The van der Waals surface area contributed by atoms with Gasteiger partial charge >= 0.3 is 0 Å². The molecule has 0 radical (unpaired) electrons. The van der Waals surface area contributed by atoms with E-state index >= 15 is 0 Å². The van der Waals surface area contributed by atoms with Gasteiger partial charge in [0.2, 0.25) is 0 Å². The third kappa shape index (κ3) is 2.83. The number of nitrogens with one attached hydrogen (secondary N) is 1. The Morgan fingerprint density at radius 2 is 1.80 bits per heavy atom. The van der Waals surface area contributed by atoms with Crippen molar-refractivity contribution in [3.63, 3.8) is 0 Å². The maximum atomic E-state index is 4.39. The summed E-state index contributed by atoms with van der Waals surface area (Å²) < 4.78 is 0. The second-order valence-corrected chi connectivity index (χ2v) is 4.84. The monoisotopic (exact) mass is 263 g/mol. The molecule has 0 aliphatic rings. The van der Waals surface area contributed by atoms with E-state index in [1.165, 1.54) is 16.3 Å². The SMILES string of the molecule is Cc1nccc(CNCc2cccc3ccccc23)n1. The van der Waals surface area contributed by atoms with Gasteiger partial charge in [-0.3, -0.25) is 0 Å². The lowest BCUT2D eigenvalue weighted by Gasteiger charge is -2.08. The molecular formula is C17H17N3. The average molecular weight is 263 g/mol. The number of benzene rings is 2. The molecule has 1 N–H and O–H groups in total. The van der Waals surface area contributed by atoms with Crippen LogP contribution in [0.1, 0.15) is 17.1 Å². The Morgan fingerprint density at radius 3 is 2.70 bits per heavy atom. The Hall–Kier alpha value is -2.26. The first-order valence-corrected chi connectivity index (χ1v) is 6.79. The van der Waals surface area contributed by atoms with Gasteiger partial charge in [-0.05, 0) is 29.3 Å². The van der Waals surface area contributed by atoms with E-state index in [0.717, 1.165) is 24.6 Å². The highest BCUT2D eigenvalue weighted by molar-refractivity contribution is 5.85. The minimum absolute atomic E-state index is 0.757. The maximum absolute atomic E-state index is 4.39. The molecule has 0 unspecified atom stereocenters. The van der Waals surface area contributed by atoms with Gasteiger partial charge in [0.25, 0.3) is 0 Å². The Bertz CT molecular complexity index is 717. The lowest BCUT2D eigenvalue weighted by atomic mass is 10.0. The summed E-state index contributed by atoms with van der Waals surface area (Å²) in [6.45, 7) is 3.51. The first-order valence-electron chi connectivity index (χ1n) is 6.79. The number of fused-ring (bicyclic) bond motifs is 1. The molecule has 2 aromatic carbocycles. The van der Waals surface area contributed by atoms with E-state index in [0.29, 0.717) is 0 Å². The molecule has 3 rings (SSSR count). The van der Waals surface area contributed by atoms with E-state index in [1.54, 1.807) is 6.20 Å². The van der Waals surface area contributed by atoms with Crippen LogP contribution < -0.4 is 5.32 Å². The lowest BCUT2D eigenvalue weighted by molar-refractivity contribution is 0.678. The smallest absolute Gasteiger partial charge is 0.125 e. The van der Waals surface area contributed by atoms with Crippen LogP contribution >= 0.6 is 0 Å². The molecule has 0 saturated heterocycles. The minimum Gasteiger partial charge on any atom is -0.307 e. The van der Waals surface area contributed by atoms with Crippen molar-refractivity contribution < 1.29 is 0 Å². The summed E-state index contributed by atoms with van der Waals surface area (Å²) in [7, 11) is 0. The summed E-state index contributed by atoms with van der Waals surface area (Å²) in [5.41, 5.74) is 2.34. The molecule has 100 valence electrons. The van der Waals surface area contributed by atoms with Crippen molar-refractivity contribution >= 4 is 10.8 Å². The summed E-state index contributed by atoms with van der Waals surface area (Å²) in [5, 5.41) is 6.04. The van der Waals surface area contributed by atoms with Gasteiger partial charge in [0.15, 0.2) is 0 Å². The van der Waals surface area contributed by atoms with Crippen molar-refractivity contribution in [2.45, 2.75) is 20.0 Å².